The second kappa shape index (κ2) is 8.12. The van der Waals surface area contributed by atoms with Crippen LogP contribution in [0.4, 0.5) is 5.69 Å². The van der Waals surface area contributed by atoms with Crippen molar-refractivity contribution in [2.75, 3.05) is 5.32 Å². The van der Waals surface area contributed by atoms with Gasteiger partial charge in [-0.15, -0.1) is 0 Å². The first kappa shape index (κ1) is 18.6. The van der Waals surface area contributed by atoms with Gasteiger partial charge in [0.1, 0.15) is 11.6 Å². The van der Waals surface area contributed by atoms with E-state index in [4.69, 9.17) is 16.3 Å². The van der Waals surface area contributed by atoms with Gasteiger partial charge in [0.05, 0.1) is 0 Å². The maximum absolute atomic E-state index is 12.3. The number of aryl methyl sites for hydroxylation is 1. The Morgan fingerprint density at radius 2 is 1.83 bits per heavy atom. The molecule has 1 amide bonds. The number of carbonyl (C=O) groups excluding carboxylic acids is 1. The third-order valence-electron chi connectivity index (χ3n) is 3.98. The SMILES string of the molecule is Cc1nc(Oc2ccc(NC(=O)c3ccc(Cl)cc3)cc2)cc(-n2cccn2)n1. The van der Waals surface area contributed by atoms with Crippen molar-refractivity contribution in [3.8, 4) is 17.4 Å². The molecule has 0 unspecified atom stereocenters. The first-order valence-corrected chi connectivity index (χ1v) is 9.15. The minimum absolute atomic E-state index is 0.217. The number of carbonyl (C=O) groups is 1. The highest BCUT2D eigenvalue weighted by atomic mass is 35.5. The Morgan fingerprint density at radius 3 is 2.52 bits per heavy atom. The molecule has 0 bridgehead atoms. The van der Waals surface area contributed by atoms with E-state index < -0.39 is 0 Å². The average molecular weight is 406 g/mol. The Bertz CT molecular complexity index is 1130. The van der Waals surface area contributed by atoms with Gasteiger partial charge in [0.25, 0.3) is 5.91 Å². The number of aromatic nitrogens is 4. The molecule has 4 rings (SSSR count). The molecule has 2 aromatic heterocycles. The fourth-order valence-corrected chi connectivity index (χ4v) is 2.76. The first-order valence-electron chi connectivity index (χ1n) is 8.77. The molecule has 0 atom stereocenters. The van der Waals surface area contributed by atoms with Gasteiger partial charge in [0, 0.05) is 34.7 Å². The topological polar surface area (TPSA) is 81.9 Å². The van der Waals surface area contributed by atoms with Crippen LogP contribution in [0.25, 0.3) is 5.82 Å². The molecule has 0 saturated carbocycles. The number of rotatable bonds is 5. The van der Waals surface area contributed by atoms with Crippen molar-refractivity contribution in [1.29, 1.82) is 0 Å². The average Bonchev–Trinajstić information content (AvgIpc) is 3.24. The Morgan fingerprint density at radius 1 is 1.07 bits per heavy atom. The Kier molecular flexibility index (Phi) is 5.22. The van der Waals surface area contributed by atoms with Crippen molar-refractivity contribution in [2.24, 2.45) is 0 Å². The summed E-state index contributed by atoms with van der Waals surface area (Å²) in [5, 5.41) is 7.58. The molecule has 0 aliphatic heterocycles. The number of hydrogen-bond acceptors (Lipinski definition) is 5. The quantitative estimate of drug-likeness (QED) is 0.521. The van der Waals surface area contributed by atoms with Gasteiger partial charge >= 0.3 is 0 Å². The Labute approximate surface area is 172 Å². The molecule has 29 heavy (non-hydrogen) atoms. The summed E-state index contributed by atoms with van der Waals surface area (Å²) in [4.78, 5) is 20.9. The Hall–Kier alpha value is -3.71. The van der Waals surface area contributed by atoms with Gasteiger partial charge in [-0.25, -0.2) is 9.67 Å². The maximum Gasteiger partial charge on any atom is 0.255 e. The van der Waals surface area contributed by atoms with Crippen molar-refractivity contribution in [3.05, 3.63) is 89.5 Å². The van der Waals surface area contributed by atoms with Gasteiger partial charge in [-0.1, -0.05) is 11.6 Å². The summed E-state index contributed by atoms with van der Waals surface area (Å²) < 4.78 is 7.47. The van der Waals surface area contributed by atoms with Gasteiger partial charge < -0.3 is 10.1 Å². The molecule has 0 saturated heterocycles. The van der Waals surface area contributed by atoms with Crippen LogP contribution >= 0.6 is 11.6 Å². The van der Waals surface area contributed by atoms with Crippen molar-refractivity contribution >= 4 is 23.2 Å². The molecule has 7 nitrogen and oxygen atoms in total. The summed E-state index contributed by atoms with van der Waals surface area (Å²) in [6, 6.07) is 17.2. The highest BCUT2D eigenvalue weighted by molar-refractivity contribution is 6.30. The number of nitrogens with zero attached hydrogens (tertiary/aromatic N) is 4. The van der Waals surface area contributed by atoms with Crippen LogP contribution in [0.15, 0.2) is 73.1 Å². The summed E-state index contributed by atoms with van der Waals surface area (Å²) in [7, 11) is 0. The van der Waals surface area contributed by atoms with Crippen LogP contribution < -0.4 is 10.1 Å². The maximum atomic E-state index is 12.3. The smallest absolute Gasteiger partial charge is 0.255 e. The number of hydrogen-bond donors (Lipinski definition) is 1. The predicted octanol–water partition coefficient (Wildman–Crippen LogP) is 4.67. The van der Waals surface area contributed by atoms with Gasteiger partial charge in [-0.05, 0) is 61.5 Å². The van der Waals surface area contributed by atoms with Crippen LogP contribution in [0.3, 0.4) is 0 Å². The fourth-order valence-electron chi connectivity index (χ4n) is 2.63. The molecule has 144 valence electrons. The van der Waals surface area contributed by atoms with Crippen LogP contribution in [0.5, 0.6) is 11.6 Å². The highest BCUT2D eigenvalue weighted by Gasteiger charge is 2.08. The summed E-state index contributed by atoms with van der Waals surface area (Å²) >= 11 is 5.85. The van der Waals surface area contributed by atoms with E-state index in [1.165, 1.54) is 0 Å². The second-order valence-electron chi connectivity index (χ2n) is 6.15. The molecule has 0 fully saturated rings. The zero-order valence-corrected chi connectivity index (χ0v) is 16.2. The van der Waals surface area contributed by atoms with Crippen molar-refractivity contribution in [2.45, 2.75) is 6.92 Å². The van der Waals surface area contributed by atoms with E-state index in [-0.39, 0.29) is 5.91 Å². The van der Waals surface area contributed by atoms with Gasteiger partial charge in [-0.3, -0.25) is 4.79 Å². The molecule has 0 aliphatic carbocycles. The van der Waals surface area contributed by atoms with Gasteiger partial charge in [-0.2, -0.15) is 10.1 Å². The summed E-state index contributed by atoms with van der Waals surface area (Å²) in [5.74, 6) is 1.95. The number of ether oxygens (including phenoxy) is 1. The molecule has 4 aromatic rings. The third kappa shape index (κ3) is 4.59. The normalized spacial score (nSPS) is 10.6. The fraction of sp³-hybridized carbons (Fsp3) is 0.0476. The van der Waals surface area contributed by atoms with E-state index in [2.05, 4.69) is 20.4 Å². The molecule has 0 radical (unpaired) electrons. The van der Waals surface area contributed by atoms with E-state index in [1.807, 2.05) is 6.07 Å². The van der Waals surface area contributed by atoms with Gasteiger partial charge in [0.2, 0.25) is 5.88 Å². The largest absolute Gasteiger partial charge is 0.439 e. The van der Waals surface area contributed by atoms with E-state index in [0.717, 1.165) is 0 Å². The lowest BCUT2D eigenvalue weighted by Gasteiger charge is -2.09. The highest BCUT2D eigenvalue weighted by Crippen LogP contribution is 2.23. The zero-order chi connectivity index (χ0) is 20.2. The van der Waals surface area contributed by atoms with Crippen LogP contribution in [0.2, 0.25) is 5.02 Å². The van der Waals surface area contributed by atoms with E-state index in [9.17, 15) is 4.79 Å². The molecule has 1 N–H and O–H groups in total. The van der Waals surface area contributed by atoms with E-state index >= 15 is 0 Å². The lowest BCUT2D eigenvalue weighted by Crippen LogP contribution is -2.11. The first-order chi connectivity index (χ1) is 14.1. The summed E-state index contributed by atoms with van der Waals surface area (Å²) in [5.41, 5.74) is 1.17. The molecule has 0 spiro atoms. The van der Waals surface area contributed by atoms with Crippen molar-refractivity contribution < 1.29 is 9.53 Å². The molecular formula is C21H16ClN5O2. The third-order valence-corrected chi connectivity index (χ3v) is 4.23. The number of halogens is 1. The van der Waals surface area contributed by atoms with Crippen molar-refractivity contribution in [1.82, 2.24) is 19.7 Å². The molecular weight excluding hydrogens is 390 g/mol. The Balaban J connectivity index is 1.46. The predicted molar refractivity (Wildman–Crippen MR) is 110 cm³/mol. The number of amides is 1. The molecule has 0 aliphatic rings. The monoisotopic (exact) mass is 405 g/mol. The van der Waals surface area contributed by atoms with Gasteiger partial charge in [0.15, 0.2) is 5.82 Å². The lowest BCUT2D eigenvalue weighted by molar-refractivity contribution is 0.102. The standard InChI is InChI=1S/C21H16ClN5O2/c1-14-24-19(27-12-2-11-23-27)13-20(25-14)29-18-9-7-17(8-10-18)26-21(28)15-3-5-16(22)6-4-15/h2-13H,1H3,(H,26,28). The summed E-state index contributed by atoms with van der Waals surface area (Å²) in [6.45, 7) is 1.79. The number of nitrogens with one attached hydrogen (secondary N) is 1. The minimum Gasteiger partial charge on any atom is -0.439 e. The van der Waals surface area contributed by atoms with Crippen LogP contribution in [-0.2, 0) is 0 Å². The van der Waals surface area contributed by atoms with Crippen molar-refractivity contribution in [3.63, 3.8) is 0 Å². The minimum atomic E-state index is -0.217. The molecule has 2 heterocycles. The lowest BCUT2D eigenvalue weighted by atomic mass is 10.2. The second-order valence-corrected chi connectivity index (χ2v) is 6.59. The molecule has 2 aromatic carbocycles. The molecule has 8 heteroatoms. The van der Waals surface area contributed by atoms with E-state index in [0.29, 0.717) is 39.5 Å². The zero-order valence-electron chi connectivity index (χ0n) is 15.4. The van der Waals surface area contributed by atoms with Crippen LogP contribution in [0, 0.1) is 6.92 Å². The van der Waals surface area contributed by atoms with Crippen LogP contribution in [0.1, 0.15) is 16.2 Å². The number of anilines is 1. The van der Waals surface area contributed by atoms with E-state index in [1.54, 1.807) is 78.6 Å². The number of benzene rings is 2. The van der Waals surface area contributed by atoms with Crippen LogP contribution in [-0.4, -0.2) is 25.7 Å². The summed E-state index contributed by atoms with van der Waals surface area (Å²) in [6.07, 6.45) is 3.47.